The lowest BCUT2D eigenvalue weighted by Gasteiger charge is -2.32. The van der Waals surface area contributed by atoms with Crippen LogP contribution in [0.2, 0.25) is 0 Å². The van der Waals surface area contributed by atoms with Gasteiger partial charge in [0.15, 0.2) is 0 Å². The van der Waals surface area contributed by atoms with Crippen LogP contribution in [0.25, 0.3) is 0 Å². The second-order valence-corrected chi connectivity index (χ2v) is 9.94. The Balaban J connectivity index is 1.79. The minimum Gasteiger partial charge on any atom is -0.327 e. The largest absolute Gasteiger partial charge is 0.327 e. The Labute approximate surface area is 122 Å². The molecule has 112 valence electrons. The molecule has 0 aromatic heterocycles. The molecule has 0 bridgehead atoms. The van der Waals surface area contributed by atoms with Crippen LogP contribution in [0.15, 0.2) is 0 Å². The van der Waals surface area contributed by atoms with Gasteiger partial charge in [-0.1, -0.05) is 19.3 Å². The third kappa shape index (κ3) is 4.64. The highest BCUT2D eigenvalue weighted by atomic mass is 32.2. The topological polar surface area (TPSA) is 60.2 Å². The molecule has 2 rings (SSSR count). The molecule has 3 unspecified atom stereocenters. The van der Waals surface area contributed by atoms with Crippen molar-refractivity contribution < 1.29 is 8.42 Å². The van der Waals surface area contributed by atoms with E-state index in [1.807, 2.05) is 11.8 Å². The minimum absolute atomic E-state index is 0.145. The average Bonchev–Trinajstić information content (AvgIpc) is 2.88. The third-order valence-electron chi connectivity index (χ3n) is 4.70. The zero-order chi connectivity index (χ0) is 13.9. The summed E-state index contributed by atoms with van der Waals surface area (Å²) in [5.41, 5.74) is 6.32. The van der Waals surface area contributed by atoms with Crippen molar-refractivity contribution in [1.82, 2.24) is 0 Å². The molecule has 2 N–H and O–H groups in total. The number of hydrogen-bond acceptors (Lipinski definition) is 4. The summed E-state index contributed by atoms with van der Waals surface area (Å²) < 4.78 is 23.4. The molecule has 2 saturated carbocycles. The van der Waals surface area contributed by atoms with Crippen LogP contribution in [0.3, 0.4) is 0 Å². The lowest BCUT2D eigenvalue weighted by molar-refractivity contribution is 0.319. The summed E-state index contributed by atoms with van der Waals surface area (Å²) in [5, 5.41) is 0.661. The molecule has 0 amide bonds. The maximum absolute atomic E-state index is 11.7. The van der Waals surface area contributed by atoms with Crippen LogP contribution in [0, 0.1) is 5.92 Å². The molecule has 3 nitrogen and oxygen atoms in total. The van der Waals surface area contributed by atoms with Crippen molar-refractivity contribution in [2.24, 2.45) is 11.7 Å². The quantitative estimate of drug-likeness (QED) is 0.848. The first-order valence-corrected chi connectivity index (χ1v) is 10.5. The predicted molar refractivity (Wildman–Crippen MR) is 83.3 cm³/mol. The molecule has 0 aliphatic heterocycles. The molecule has 0 spiro atoms. The molecule has 0 radical (unpaired) electrons. The Kier molecular flexibility index (Phi) is 5.61. The van der Waals surface area contributed by atoms with Crippen LogP contribution in [0.1, 0.15) is 51.4 Å². The molecule has 2 aliphatic carbocycles. The smallest absolute Gasteiger partial charge is 0.150 e. The third-order valence-corrected chi connectivity index (χ3v) is 7.86. The van der Waals surface area contributed by atoms with Gasteiger partial charge in [0.1, 0.15) is 9.84 Å². The fraction of sp³-hybridized carbons (Fsp3) is 1.00. The van der Waals surface area contributed by atoms with E-state index in [0.29, 0.717) is 5.92 Å². The summed E-state index contributed by atoms with van der Waals surface area (Å²) in [7, 11) is -2.89. The maximum atomic E-state index is 11.7. The summed E-state index contributed by atoms with van der Waals surface area (Å²) in [6.45, 7) is 0. The number of nitrogens with two attached hydrogens (primary N) is 1. The lowest BCUT2D eigenvalue weighted by Crippen LogP contribution is -2.39. The van der Waals surface area contributed by atoms with Gasteiger partial charge in [-0.25, -0.2) is 8.42 Å². The van der Waals surface area contributed by atoms with Gasteiger partial charge >= 0.3 is 0 Å². The van der Waals surface area contributed by atoms with Gasteiger partial charge in [0.25, 0.3) is 0 Å². The highest BCUT2D eigenvalue weighted by Crippen LogP contribution is 2.34. The van der Waals surface area contributed by atoms with Crippen molar-refractivity contribution >= 4 is 21.6 Å². The van der Waals surface area contributed by atoms with Gasteiger partial charge in [-0.05, 0) is 38.0 Å². The number of thioether (sulfide) groups is 1. The number of sulfone groups is 1. The number of hydrogen-bond donors (Lipinski definition) is 1. The normalized spacial score (nSPS) is 31.5. The van der Waals surface area contributed by atoms with Gasteiger partial charge in [0.05, 0.1) is 5.25 Å². The molecular weight excluding hydrogens is 278 g/mol. The molecule has 2 fully saturated rings. The standard InChI is InChI=1S/C14H27NO2S2/c1-19(16,17)13-8-4-5-11(9-13)14(15)10-18-12-6-2-3-7-12/h11-14H,2-10,15H2,1H3. The molecule has 0 aromatic rings. The Bertz CT molecular complexity index is 377. The summed E-state index contributed by atoms with van der Waals surface area (Å²) in [6, 6.07) is 0.176. The first kappa shape index (κ1) is 15.6. The fourth-order valence-corrected chi connectivity index (χ4v) is 6.02. The Morgan fingerprint density at radius 1 is 1.16 bits per heavy atom. The second kappa shape index (κ2) is 6.81. The zero-order valence-electron chi connectivity index (χ0n) is 11.9. The van der Waals surface area contributed by atoms with Crippen molar-refractivity contribution in [2.75, 3.05) is 12.0 Å². The monoisotopic (exact) mass is 305 g/mol. The first-order chi connectivity index (χ1) is 8.97. The Hall–Kier alpha value is 0.260. The number of rotatable bonds is 5. The Morgan fingerprint density at radius 2 is 1.84 bits per heavy atom. The average molecular weight is 306 g/mol. The van der Waals surface area contributed by atoms with E-state index in [0.717, 1.165) is 36.7 Å². The van der Waals surface area contributed by atoms with Crippen LogP contribution in [0.5, 0.6) is 0 Å². The molecule has 5 heteroatoms. The highest BCUT2D eigenvalue weighted by molar-refractivity contribution is 7.99. The predicted octanol–water partition coefficient (Wildman–Crippen LogP) is 2.59. The minimum atomic E-state index is -2.89. The van der Waals surface area contributed by atoms with Crippen molar-refractivity contribution in [3.05, 3.63) is 0 Å². The SMILES string of the molecule is CS(=O)(=O)C1CCCC(C(N)CSC2CCCC2)C1. The van der Waals surface area contributed by atoms with Crippen molar-refractivity contribution in [1.29, 1.82) is 0 Å². The Morgan fingerprint density at radius 3 is 2.47 bits per heavy atom. The summed E-state index contributed by atoms with van der Waals surface area (Å²) in [6.07, 6.45) is 10.5. The molecule has 19 heavy (non-hydrogen) atoms. The van der Waals surface area contributed by atoms with Gasteiger partial charge in [0.2, 0.25) is 0 Å². The van der Waals surface area contributed by atoms with Gasteiger partial charge in [-0.3, -0.25) is 0 Å². The van der Waals surface area contributed by atoms with Crippen molar-refractivity contribution in [3.63, 3.8) is 0 Å². The van der Waals surface area contributed by atoms with Gasteiger partial charge < -0.3 is 5.73 Å². The van der Waals surface area contributed by atoms with E-state index in [1.54, 1.807) is 0 Å². The molecule has 0 aromatic carbocycles. The molecule has 2 aliphatic rings. The van der Waals surface area contributed by atoms with Crippen molar-refractivity contribution in [2.45, 2.75) is 67.9 Å². The van der Waals surface area contributed by atoms with Gasteiger partial charge in [0, 0.05) is 23.3 Å². The van der Waals surface area contributed by atoms with E-state index in [2.05, 4.69) is 0 Å². The molecule has 0 saturated heterocycles. The zero-order valence-corrected chi connectivity index (χ0v) is 13.5. The van der Waals surface area contributed by atoms with E-state index >= 15 is 0 Å². The van der Waals surface area contributed by atoms with E-state index in [4.69, 9.17) is 5.73 Å². The van der Waals surface area contributed by atoms with Crippen molar-refractivity contribution in [3.8, 4) is 0 Å². The summed E-state index contributed by atoms with van der Waals surface area (Å²) >= 11 is 2.02. The summed E-state index contributed by atoms with van der Waals surface area (Å²) in [5.74, 6) is 1.41. The second-order valence-electron chi connectivity index (χ2n) is 6.28. The van der Waals surface area contributed by atoms with Gasteiger partial charge in [-0.15, -0.1) is 0 Å². The van der Waals surface area contributed by atoms with Crippen LogP contribution >= 0.6 is 11.8 Å². The highest BCUT2D eigenvalue weighted by Gasteiger charge is 2.32. The molecular formula is C14H27NO2S2. The lowest BCUT2D eigenvalue weighted by atomic mass is 9.84. The van der Waals surface area contributed by atoms with E-state index < -0.39 is 9.84 Å². The van der Waals surface area contributed by atoms with Gasteiger partial charge in [-0.2, -0.15) is 11.8 Å². The van der Waals surface area contributed by atoms with E-state index in [1.165, 1.54) is 31.9 Å². The van der Waals surface area contributed by atoms with Crippen LogP contribution in [-0.4, -0.2) is 37.0 Å². The van der Waals surface area contributed by atoms with Crippen LogP contribution in [0.4, 0.5) is 0 Å². The van der Waals surface area contributed by atoms with E-state index in [9.17, 15) is 8.42 Å². The van der Waals surface area contributed by atoms with E-state index in [-0.39, 0.29) is 11.3 Å². The molecule has 3 atom stereocenters. The van der Waals surface area contributed by atoms with Crippen LogP contribution < -0.4 is 5.73 Å². The van der Waals surface area contributed by atoms with Crippen LogP contribution in [-0.2, 0) is 9.84 Å². The summed E-state index contributed by atoms with van der Waals surface area (Å²) in [4.78, 5) is 0. The maximum Gasteiger partial charge on any atom is 0.150 e. The molecule has 0 heterocycles. The first-order valence-electron chi connectivity index (χ1n) is 7.53. The fourth-order valence-electron chi connectivity index (χ4n) is 3.40.